The average molecular weight is 283 g/mol. The van der Waals surface area contributed by atoms with Crippen molar-refractivity contribution in [2.75, 3.05) is 40.4 Å². The van der Waals surface area contributed by atoms with Gasteiger partial charge < -0.3 is 14.5 Å². The fraction of sp³-hybridized carbons (Fsp3) is 0.929. The molecule has 2 heterocycles. The highest BCUT2D eigenvalue weighted by Gasteiger charge is 2.35. The van der Waals surface area contributed by atoms with Gasteiger partial charge in [-0.25, -0.2) is 10.8 Å². The monoisotopic (exact) mass is 283 g/mol. The van der Waals surface area contributed by atoms with Crippen LogP contribution < -0.4 is 11.3 Å². The van der Waals surface area contributed by atoms with E-state index in [2.05, 4.69) is 27.3 Å². The van der Waals surface area contributed by atoms with Crippen molar-refractivity contribution in [3.8, 4) is 0 Å². The van der Waals surface area contributed by atoms with Crippen LogP contribution in [0.3, 0.4) is 0 Å². The molecule has 6 heteroatoms. The van der Waals surface area contributed by atoms with Gasteiger partial charge in [0.2, 0.25) is 5.96 Å². The molecule has 20 heavy (non-hydrogen) atoms. The Bertz CT molecular complexity index is 336. The van der Waals surface area contributed by atoms with Crippen LogP contribution in [0, 0.1) is 5.92 Å². The number of hydrogen-bond acceptors (Lipinski definition) is 4. The molecule has 2 aliphatic heterocycles. The van der Waals surface area contributed by atoms with Gasteiger partial charge in [-0.05, 0) is 45.7 Å². The smallest absolute Gasteiger partial charge is 0.208 e. The molecular weight excluding hydrogens is 254 g/mol. The molecule has 0 saturated carbocycles. The van der Waals surface area contributed by atoms with Crippen LogP contribution in [0.15, 0.2) is 4.99 Å². The zero-order valence-electron chi connectivity index (χ0n) is 13.0. The van der Waals surface area contributed by atoms with Crippen molar-refractivity contribution in [1.29, 1.82) is 0 Å². The summed E-state index contributed by atoms with van der Waals surface area (Å²) in [6, 6.07) is 0.855. The third kappa shape index (κ3) is 3.62. The normalized spacial score (nSPS) is 30.0. The molecule has 0 spiro atoms. The number of nitrogens with one attached hydrogen (secondary N) is 1. The van der Waals surface area contributed by atoms with Gasteiger partial charge in [0, 0.05) is 26.2 Å². The third-order valence-electron chi connectivity index (χ3n) is 4.52. The van der Waals surface area contributed by atoms with Crippen molar-refractivity contribution < 1.29 is 4.74 Å². The molecule has 2 fully saturated rings. The van der Waals surface area contributed by atoms with Crippen LogP contribution in [0.2, 0.25) is 0 Å². The van der Waals surface area contributed by atoms with E-state index in [0.717, 1.165) is 31.0 Å². The minimum atomic E-state index is 0.123. The number of methoxy groups -OCH3 is 1. The first-order chi connectivity index (χ1) is 9.65. The molecule has 0 bridgehead atoms. The van der Waals surface area contributed by atoms with Crippen LogP contribution in [0.25, 0.3) is 0 Å². The molecule has 2 rings (SSSR count). The first-order valence-corrected chi connectivity index (χ1v) is 7.64. The topological polar surface area (TPSA) is 66.1 Å². The summed E-state index contributed by atoms with van der Waals surface area (Å²) in [5.41, 5.74) is 2.77. The molecule has 3 N–H and O–H groups in total. The Morgan fingerprint density at radius 3 is 2.95 bits per heavy atom. The van der Waals surface area contributed by atoms with Gasteiger partial charge in [-0.1, -0.05) is 0 Å². The van der Waals surface area contributed by atoms with E-state index in [4.69, 9.17) is 10.6 Å². The third-order valence-corrected chi connectivity index (χ3v) is 4.52. The summed E-state index contributed by atoms with van der Waals surface area (Å²) in [6.45, 7) is 5.98. The number of ether oxygens (including phenoxy) is 1. The largest absolute Gasteiger partial charge is 0.382 e. The number of hydrogen-bond donors (Lipinski definition) is 2. The predicted octanol–water partition coefficient (Wildman–Crippen LogP) is 0.257. The maximum Gasteiger partial charge on any atom is 0.208 e. The van der Waals surface area contributed by atoms with Crippen molar-refractivity contribution in [3.63, 3.8) is 0 Å². The zero-order chi connectivity index (χ0) is 14.5. The fourth-order valence-electron chi connectivity index (χ4n) is 3.54. The van der Waals surface area contributed by atoms with Crippen LogP contribution >= 0.6 is 0 Å². The van der Waals surface area contributed by atoms with E-state index >= 15 is 0 Å². The molecule has 2 saturated heterocycles. The fourth-order valence-corrected chi connectivity index (χ4v) is 3.54. The lowest BCUT2D eigenvalue weighted by atomic mass is 9.84. The number of rotatable bonds is 3. The van der Waals surface area contributed by atoms with Crippen molar-refractivity contribution in [1.82, 2.24) is 15.2 Å². The summed E-state index contributed by atoms with van der Waals surface area (Å²) in [6.07, 6.45) is 3.81. The van der Waals surface area contributed by atoms with Gasteiger partial charge in [0.25, 0.3) is 0 Å². The second kappa shape index (κ2) is 7.24. The first kappa shape index (κ1) is 15.5. The standard InChI is InChI=1S/C14H29N5O/c1-11(10-20-3)16-14(17-15)19-8-6-13-12(9-19)5-4-7-18(13)2/h11-13H,4-10,15H2,1-3H3,(H,16,17). The SMILES string of the molecule is COCC(C)N=C(NN)N1CCC2C(CCCN2C)C1. The second-order valence-corrected chi connectivity index (χ2v) is 6.09. The van der Waals surface area contributed by atoms with Gasteiger partial charge in [-0.2, -0.15) is 0 Å². The Morgan fingerprint density at radius 2 is 2.25 bits per heavy atom. The molecule has 6 nitrogen and oxygen atoms in total. The van der Waals surface area contributed by atoms with E-state index in [1.165, 1.54) is 25.8 Å². The van der Waals surface area contributed by atoms with E-state index in [0.29, 0.717) is 6.61 Å². The zero-order valence-corrected chi connectivity index (χ0v) is 13.0. The average Bonchev–Trinajstić information content (AvgIpc) is 2.45. The van der Waals surface area contributed by atoms with Gasteiger partial charge in [0.15, 0.2) is 0 Å². The summed E-state index contributed by atoms with van der Waals surface area (Å²) in [5.74, 6) is 7.21. The Morgan fingerprint density at radius 1 is 1.45 bits per heavy atom. The quantitative estimate of drug-likeness (QED) is 0.336. The summed E-state index contributed by atoms with van der Waals surface area (Å²) < 4.78 is 5.14. The Kier molecular flexibility index (Phi) is 5.63. The van der Waals surface area contributed by atoms with E-state index < -0.39 is 0 Å². The molecule has 0 aromatic carbocycles. The van der Waals surface area contributed by atoms with E-state index in [9.17, 15) is 0 Å². The van der Waals surface area contributed by atoms with Gasteiger partial charge in [0.05, 0.1) is 12.6 Å². The number of likely N-dealkylation sites (tertiary alicyclic amines) is 2. The maximum atomic E-state index is 5.67. The number of piperidine rings is 2. The molecule has 0 radical (unpaired) electrons. The number of hydrazine groups is 1. The molecule has 0 amide bonds. The van der Waals surface area contributed by atoms with Gasteiger partial charge in [-0.3, -0.25) is 5.43 Å². The molecule has 2 aliphatic rings. The Labute approximate surface area is 122 Å². The van der Waals surface area contributed by atoms with Crippen molar-refractivity contribution in [3.05, 3.63) is 0 Å². The first-order valence-electron chi connectivity index (χ1n) is 7.64. The lowest BCUT2D eigenvalue weighted by molar-refractivity contribution is 0.0617. The number of guanidine groups is 1. The number of aliphatic imine (C=N–C) groups is 1. The lowest BCUT2D eigenvalue weighted by Crippen LogP contribution is -2.57. The number of fused-ring (bicyclic) bond motifs is 1. The molecule has 3 unspecified atom stereocenters. The van der Waals surface area contributed by atoms with Crippen LogP contribution in [0.4, 0.5) is 0 Å². The Hall–Kier alpha value is -0.850. The summed E-state index contributed by atoms with van der Waals surface area (Å²) in [7, 11) is 3.95. The maximum absolute atomic E-state index is 5.67. The molecule has 0 aromatic heterocycles. The lowest BCUT2D eigenvalue weighted by Gasteiger charge is -2.46. The molecular formula is C14H29N5O. The summed E-state index contributed by atoms with van der Waals surface area (Å²) in [4.78, 5) is 9.45. The van der Waals surface area contributed by atoms with Gasteiger partial charge in [-0.15, -0.1) is 0 Å². The van der Waals surface area contributed by atoms with Crippen LogP contribution in [0.5, 0.6) is 0 Å². The van der Waals surface area contributed by atoms with Crippen molar-refractivity contribution in [2.24, 2.45) is 16.8 Å². The number of nitrogens with zero attached hydrogens (tertiary/aromatic N) is 3. The van der Waals surface area contributed by atoms with Gasteiger partial charge in [0.1, 0.15) is 0 Å². The van der Waals surface area contributed by atoms with Crippen molar-refractivity contribution in [2.45, 2.75) is 38.3 Å². The summed E-state index contributed by atoms with van der Waals surface area (Å²) >= 11 is 0. The predicted molar refractivity (Wildman–Crippen MR) is 81.4 cm³/mol. The Balaban J connectivity index is 1.98. The highest BCUT2D eigenvalue weighted by atomic mass is 16.5. The number of nitrogens with two attached hydrogens (primary N) is 1. The van der Waals surface area contributed by atoms with E-state index in [1.807, 2.05) is 6.92 Å². The van der Waals surface area contributed by atoms with Crippen molar-refractivity contribution >= 4 is 5.96 Å². The molecule has 3 atom stereocenters. The summed E-state index contributed by atoms with van der Waals surface area (Å²) in [5, 5.41) is 0. The van der Waals surface area contributed by atoms with Crippen LogP contribution in [-0.2, 0) is 4.74 Å². The van der Waals surface area contributed by atoms with Gasteiger partial charge >= 0.3 is 0 Å². The molecule has 0 aromatic rings. The van der Waals surface area contributed by atoms with E-state index in [1.54, 1.807) is 7.11 Å². The van der Waals surface area contributed by atoms with Crippen LogP contribution in [-0.4, -0.2) is 68.2 Å². The highest BCUT2D eigenvalue weighted by Crippen LogP contribution is 2.29. The molecule has 0 aliphatic carbocycles. The van der Waals surface area contributed by atoms with Crippen LogP contribution in [0.1, 0.15) is 26.2 Å². The second-order valence-electron chi connectivity index (χ2n) is 6.09. The minimum Gasteiger partial charge on any atom is -0.382 e. The van der Waals surface area contributed by atoms with E-state index in [-0.39, 0.29) is 6.04 Å². The highest BCUT2D eigenvalue weighted by molar-refractivity contribution is 5.79. The minimum absolute atomic E-state index is 0.123. The molecule has 116 valence electrons.